The number of fused-ring (bicyclic) bond motifs is 1. The van der Waals surface area contributed by atoms with Crippen molar-refractivity contribution in [2.24, 2.45) is 0 Å². The van der Waals surface area contributed by atoms with Gasteiger partial charge in [-0.2, -0.15) is 0 Å². The summed E-state index contributed by atoms with van der Waals surface area (Å²) in [6, 6.07) is 17.1. The molecule has 7 nitrogen and oxygen atoms in total. The van der Waals surface area contributed by atoms with Gasteiger partial charge in [-0.05, 0) is 37.1 Å². The fourth-order valence-electron chi connectivity index (χ4n) is 3.55. The number of thioether (sulfide) groups is 1. The lowest BCUT2D eigenvalue weighted by Gasteiger charge is -2.16. The minimum Gasteiger partial charge on any atom is -0.420 e. The molecule has 1 fully saturated rings. The van der Waals surface area contributed by atoms with Crippen LogP contribution >= 0.6 is 11.8 Å². The van der Waals surface area contributed by atoms with Crippen LogP contribution in [0.5, 0.6) is 0 Å². The average Bonchev–Trinajstić information content (AvgIpc) is 3.47. The highest BCUT2D eigenvalue weighted by Gasteiger charge is 2.20. The Hall–Kier alpha value is -2.97. The summed E-state index contributed by atoms with van der Waals surface area (Å²) in [4.78, 5) is 17.9. The van der Waals surface area contributed by atoms with Crippen LogP contribution < -0.4 is 5.56 Å². The quantitative estimate of drug-likeness (QED) is 0.345. The normalized spacial score (nSPS) is 16.3. The van der Waals surface area contributed by atoms with E-state index < -0.39 is 0 Å². The van der Waals surface area contributed by atoms with Gasteiger partial charge in [0.05, 0.1) is 29.3 Å². The SMILES string of the molecule is O=c1c2ccccc2nc(SCc2nnc(-c3ccccc3)o2)n1CC1CCCO1. The lowest BCUT2D eigenvalue weighted by molar-refractivity contribution is 0.0937. The Balaban J connectivity index is 1.43. The summed E-state index contributed by atoms with van der Waals surface area (Å²) >= 11 is 1.42. The summed E-state index contributed by atoms with van der Waals surface area (Å²) < 4.78 is 13.3. The molecule has 0 bridgehead atoms. The fraction of sp³-hybridized carbons (Fsp3) is 0.273. The van der Waals surface area contributed by atoms with E-state index in [0.29, 0.717) is 40.1 Å². The first-order valence-electron chi connectivity index (χ1n) is 9.90. The maximum absolute atomic E-state index is 13.1. The molecular formula is C22H20N4O3S. The van der Waals surface area contributed by atoms with Crippen molar-refractivity contribution in [2.75, 3.05) is 6.61 Å². The molecule has 0 aliphatic carbocycles. The van der Waals surface area contributed by atoms with Crippen LogP contribution in [0.4, 0.5) is 0 Å². The van der Waals surface area contributed by atoms with E-state index in [-0.39, 0.29) is 11.7 Å². The van der Waals surface area contributed by atoms with Gasteiger partial charge in [0.2, 0.25) is 11.8 Å². The third kappa shape index (κ3) is 3.88. The number of nitrogens with zero attached hydrogens (tertiary/aromatic N) is 4. The molecule has 0 amide bonds. The van der Waals surface area contributed by atoms with E-state index in [1.54, 1.807) is 4.57 Å². The van der Waals surface area contributed by atoms with E-state index >= 15 is 0 Å². The Morgan fingerprint density at radius 1 is 1.07 bits per heavy atom. The Morgan fingerprint density at radius 2 is 1.90 bits per heavy atom. The molecule has 30 heavy (non-hydrogen) atoms. The maximum Gasteiger partial charge on any atom is 0.262 e. The minimum atomic E-state index is -0.0471. The minimum absolute atomic E-state index is 0.0399. The van der Waals surface area contributed by atoms with E-state index in [4.69, 9.17) is 14.1 Å². The first-order chi connectivity index (χ1) is 14.8. The molecular weight excluding hydrogens is 400 g/mol. The second-order valence-corrected chi connectivity index (χ2v) is 8.06. The summed E-state index contributed by atoms with van der Waals surface area (Å²) in [5.74, 6) is 1.40. The van der Waals surface area contributed by atoms with Gasteiger partial charge in [-0.1, -0.05) is 42.1 Å². The van der Waals surface area contributed by atoms with E-state index in [0.717, 1.165) is 25.0 Å². The summed E-state index contributed by atoms with van der Waals surface area (Å²) in [7, 11) is 0. The molecule has 8 heteroatoms. The Labute approximate surface area is 177 Å². The molecule has 2 aromatic carbocycles. The number of benzene rings is 2. The molecule has 5 rings (SSSR count). The lowest BCUT2D eigenvalue weighted by Crippen LogP contribution is -2.28. The van der Waals surface area contributed by atoms with Crippen LogP contribution in [-0.2, 0) is 17.0 Å². The topological polar surface area (TPSA) is 83.0 Å². The summed E-state index contributed by atoms with van der Waals surface area (Å²) in [6.07, 6.45) is 2.01. The number of hydrogen-bond donors (Lipinski definition) is 0. The number of aromatic nitrogens is 4. The smallest absolute Gasteiger partial charge is 0.262 e. The molecule has 1 atom stereocenters. The molecule has 3 heterocycles. The van der Waals surface area contributed by atoms with Crippen LogP contribution in [0.15, 0.2) is 69.0 Å². The Bertz CT molecular complexity index is 1220. The predicted molar refractivity (Wildman–Crippen MR) is 114 cm³/mol. The van der Waals surface area contributed by atoms with E-state index in [1.165, 1.54) is 11.8 Å². The summed E-state index contributed by atoms with van der Waals surface area (Å²) in [5, 5.41) is 9.53. The highest BCUT2D eigenvalue weighted by atomic mass is 32.2. The Morgan fingerprint density at radius 3 is 2.73 bits per heavy atom. The standard InChI is InChI=1S/C22H20N4O3S/c27-21-17-10-4-5-11-18(17)23-22(26(21)13-16-9-6-12-28-16)30-14-19-24-25-20(29-19)15-7-2-1-3-8-15/h1-5,7-8,10-11,16H,6,9,12-14H2. The third-order valence-corrected chi connectivity index (χ3v) is 6.01. The molecule has 0 spiro atoms. The van der Waals surface area contributed by atoms with Gasteiger partial charge in [0.1, 0.15) is 0 Å². The molecule has 0 radical (unpaired) electrons. The summed E-state index contributed by atoms with van der Waals surface area (Å²) in [5.41, 5.74) is 1.51. The molecule has 0 N–H and O–H groups in total. The van der Waals surface area contributed by atoms with Crippen molar-refractivity contribution in [3.8, 4) is 11.5 Å². The van der Waals surface area contributed by atoms with Gasteiger partial charge in [-0.15, -0.1) is 10.2 Å². The average molecular weight is 420 g/mol. The fourth-order valence-corrected chi connectivity index (χ4v) is 4.39. The highest BCUT2D eigenvalue weighted by Crippen LogP contribution is 2.25. The van der Waals surface area contributed by atoms with E-state index in [1.807, 2.05) is 54.6 Å². The second kappa shape index (κ2) is 8.41. The van der Waals surface area contributed by atoms with E-state index in [2.05, 4.69) is 10.2 Å². The first-order valence-corrected chi connectivity index (χ1v) is 10.9. The van der Waals surface area contributed by atoms with Crippen LogP contribution in [0.3, 0.4) is 0 Å². The van der Waals surface area contributed by atoms with Crippen LogP contribution in [0.25, 0.3) is 22.4 Å². The van der Waals surface area contributed by atoms with Crippen molar-refractivity contribution in [1.82, 2.24) is 19.7 Å². The Kier molecular flexibility index (Phi) is 5.33. The molecule has 1 aliphatic rings. The maximum atomic E-state index is 13.1. The van der Waals surface area contributed by atoms with Crippen LogP contribution in [0, 0.1) is 0 Å². The molecule has 1 unspecified atom stereocenters. The predicted octanol–water partition coefficient (Wildman–Crippen LogP) is 3.92. The zero-order chi connectivity index (χ0) is 20.3. The lowest BCUT2D eigenvalue weighted by atomic mass is 10.2. The van der Waals surface area contributed by atoms with Crippen LogP contribution in [-0.4, -0.2) is 32.5 Å². The molecule has 2 aromatic heterocycles. The van der Waals surface area contributed by atoms with Crippen LogP contribution in [0.1, 0.15) is 18.7 Å². The number of rotatable bonds is 6. The van der Waals surface area contributed by atoms with Gasteiger partial charge in [0.25, 0.3) is 5.56 Å². The molecule has 152 valence electrons. The van der Waals surface area contributed by atoms with Gasteiger partial charge < -0.3 is 9.15 Å². The second-order valence-electron chi connectivity index (χ2n) is 7.12. The van der Waals surface area contributed by atoms with Gasteiger partial charge in [0.15, 0.2) is 5.16 Å². The van der Waals surface area contributed by atoms with Crippen molar-refractivity contribution < 1.29 is 9.15 Å². The third-order valence-electron chi connectivity index (χ3n) is 5.05. The number of para-hydroxylation sites is 1. The van der Waals surface area contributed by atoms with Crippen molar-refractivity contribution in [3.05, 3.63) is 70.8 Å². The largest absolute Gasteiger partial charge is 0.420 e. The van der Waals surface area contributed by atoms with Crippen molar-refractivity contribution >= 4 is 22.7 Å². The molecule has 1 aliphatic heterocycles. The zero-order valence-electron chi connectivity index (χ0n) is 16.2. The summed E-state index contributed by atoms with van der Waals surface area (Å²) in [6.45, 7) is 1.24. The first kappa shape index (κ1) is 19.0. The molecule has 0 saturated carbocycles. The molecule has 1 saturated heterocycles. The van der Waals surface area contributed by atoms with Crippen LogP contribution in [0.2, 0.25) is 0 Å². The highest BCUT2D eigenvalue weighted by molar-refractivity contribution is 7.98. The zero-order valence-corrected chi connectivity index (χ0v) is 17.0. The number of hydrogen-bond acceptors (Lipinski definition) is 7. The van der Waals surface area contributed by atoms with Gasteiger partial charge >= 0.3 is 0 Å². The van der Waals surface area contributed by atoms with Gasteiger partial charge in [-0.25, -0.2) is 4.98 Å². The van der Waals surface area contributed by atoms with Crippen molar-refractivity contribution in [1.29, 1.82) is 0 Å². The van der Waals surface area contributed by atoms with Crippen molar-refractivity contribution in [3.63, 3.8) is 0 Å². The van der Waals surface area contributed by atoms with Gasteiger partial charge in [-0.3, -0.25) is 9.36 Å². The number of ether oxygens (including phenoxy) is 1. The van der Waals surface area contributed by atoms with Gasteiger partial charge in [0, 0.05) is 12.2 Å². The monoisotopic (exact) mass is 420 g/mol. The van der Waals surface area contributed by atoms with Crippen molar-refractivity contribution in [2.45, 2.75) is 36.4 Å². The van der Waals surface area contributed by atoms with E-state index in [9.17, 15) is 4.79 Å². The molecule has 4 aromatic rings.